The van der Waals surface area contributed by atoms with Gasteiger partial charge in [0, 0.05) is 13.1 Å². The lowest BCUT2D eigenvalue weighted by atomic mass is 10.2. The molecule has 0 saturated carbocycles. The Kier molecular flexibility index (Phi) is 5.21. The number of halogens is 1. The summed E-state index contributed by atoms with van der Waals surface area (Å²) in [5.41, 5.74) is 0. The highest BCUT2D eigenvalue weighted by molar-refractivity contribution is 6.30. The molecule has 1 fully saturated rings. The molecule has 1 rings (SSSR count). The number of carbonyl (C=O) groups is 1. The molecule has 0 amide bonds. The highest BCUT2D eigenvalue weighted by Crippen LogP contribution is 2.20. The van der Waals surface area contributed by atoms with E-state index >= 15 is 0 Å². The average Bonchev–Trinajstić information content (AvgIpc) is 2.62. The number of rotatable bonds is 6. The Balaban J connectivity index is 2.70. The number of hydrogen-bond donors (Lipinski definition) is 3. The van der Waals surface area contributed by atoms with Gasteiger partial charge in [-0.15, -0.1) is 18.2 Å². The lowest BCUT2D eigenvalue weighted by molar-refractivity contribution is -0.137. The van der Waals surface area contributed by atoms with Crippen molar-refractivity contribution in [3.05, 3.63) is 12.7 Å². The lowest BCUT2D eigenvalue weighted by Gasteiger charge is -2.29. The molecule has 0 radical (unpaired) electrons. The molecule has 0 aromatic carbocycles. The standard InChI is InChI=1S/C10H17ClN2O3/c1-2-3-8-12-6-7(9(11)10(15)16)13(8)4-5-14/h2,7-9,12,14H,1,3-6H2,(H,15,16). The average molecular weight is 249 g/mol. The first kappa shape index (κ1) is 13.4. The second-order valence-corrected chi connectivity index (χ2v) is 4.19. The zero-order valence-electron chi connectivity index (χ0n) is 8.97. The summed E-state index contributed by atoms with van der Waals surface area (Å²) in [5.74, 6) is -1.03. The van der Waals surface area contributed by atoms with Crippen LogP contribution >= 0.6 is 11.6 Å². The summed E-state index contributed by atoms with van der Waals surface area (Å²) in [6.07, 6.45) is 2.46. The number of aliphatic hydroxyl groups excluding tert-OH is 1. The molecule has 92 valence electrons. The number of aliphatic carboxylic acids is 1. The molecule has 6 heteroatoms. The van der Waals surface area contributed by atoms with E-state index in [1.165, 1.54) is 0 Å². The highest BCUT2D eigenvalue weighted by Gasteiger charge is 2.39. The first-order chi connectivity index (χ1) is 7.61. The van der Waals surface area contributed by atoms with Crippen LogP contribution in [-0.2, 0) is 4.79 Å². The highest BCUT2D eigenvalue weighted by atomic mass is 35.5. The third-order valence-electron chi connectivity index (χ3n) is 2.71. The number of hydrogen-bond acceptors (Lipinski definition) is 4. The van der Waals surface area contributed by atoms with Gasteiger partial charge in [-0.2, -0.15) is 0 Å². The molecule has 0 aromatic heterocycles. The number of β-amino-alcohol motifs (C(OH)–C–C–N with tert-alkyl or cyclic N) is 1. The van der Waals surface area contributed by atoms with E-state index < -0.39 is 11.3 Å². The number of alkyl halides is 1. The number of nitrogens with zero attached hydrogens (tertiary/aromatic N) is 1. The van der Waals surface area contributed by atoms with Crippen molar-refractivity contribution in [2.75, 3.05) is 19.7 Å². The molecule has 1 saturated heterocycles. The number of nitrogens with one attached hydrogen (secondary N) is 1. The summed E-state index contributed by atoms with van der Waals surface area (Å²) < 4.78 is 0. The molecular weight excluding hydrogens is 232 g/mol. The molecule has 0 bridgehead atoms. The van der Waals surface area contributed by atoms with E-state index in [0.29, 0.717) is 19.5 Å². The van der Waals surface area contributed by atoms with Gasteiger partial charge in [0.15, 0.2) is 0 Å². The molecule has 3 unspecified atom stereocenters. The fraction of sp³-hybridized carbons (Fsp3) is 0.700. The summed E-state index contributed by atoms with van der Waals surface area (Å²) in [4.78, 5) is 12.7. The van der Waals surface area contributed by atoms with Crippen molar-refractivity contribution < 1.29 is 15.0 Å². The van der Waals surface area contributed by atoms with Crippen LogP contribution in [0.3, 0.4) is 0 Å². The Labute approximate surface area is 99.7 Å². The van der Waals surface area contributed by atoms with Crippen LogP contribution in [0.5, 0.6) is 0 Å². The third-order valence-corrected chi connectivity index (χ3v) is 3.19. The predicted molar refractivity (Wildman–Crippen MR) is 61.5 cm³/mol. The van der Waals surface area contributed by atoms with Crippen molar-refractivity contribution in [3.8, 4) is 0 Å². The van der Waals surface area contributed by atoms with Gasteiger partial charge in [0.2, 0.25) is 0 Å². The minimum Gasteiger partial charge on any atom is -0.480 e. The molecule has 5 nitrogen and oxygen atoms in total. The van der Waals surface area contributed by atoms with Crippen LogP contribution in [0, 0.1) is 0 Å². The van der Waals surface area contributed by atoms with Crippen LogP contribution in [0.4, 0.5) is 0 Å². The summed E-state index contributed by atoms with van der Waals surface area (Å²) in [7, 11) is 0. The van der Waals surface area contributed by atoms with Crippen molar-refractivity contribution in [1.82, 2.24) is 10.2 Å². The minimum atomic E-state index is -1.03. The van der Waals surface area contributed by atoms with E-state index in [0.717, 1.165) is 0 Å². The van der Waals surface area contributed by atoms with Gasteiger partial charge in [-0.3, -0.25) is 15.0 Å². The Morgan fingerprint density at radius 3 is 2.94 bits per heavy atom. The SMILES string of the molecule is C=CCC1NCC(C(Cl)C(=O)O)N1CCO. The lowest BCUT2D eigenvalue weighted by Crippen LogP contribution is -2.46. The third kappa shape index (κ3) is 2.95. The van der Waals surface area contributed by atoms with Crippen molar-refractivity contribution in [2.24, 2.45) is 0 Å². The smallest absolute Gasteiger partial charge is 0.323 e. The maximum atomic E-state index is 10.8. The topological polar surface area (TPSA) is 72.8 Å². The summed E-state index contributed by atoms with van der Waals surface area (Å²) in [6.45, 7) is 4.55. The fourth-order valence-corrected chi connectivity index (χ4v) is 2.21. The molecule has 0 aromatic rings. The molecule has 3 N–H and O–H groups in total. The molecule has 1 heterocycles. The van der Waals surface area contributed by atoms with E-state index in [1.807, 2.05) is 4.90 Å². The van der Waals surface area contributed by atoms with Crippen molar-refractivity contribution in [3.63, 3.8) is 0 Å². The van der Waals surface area contributed by atoms with Gasteiger partial charge in [-0.25, -0.2) is 0 Å². The maximum absolute atomic E-state index is 10.8. The summed E-state index contributed by atoms with van der Waals surface area (Å²) >= 11 is 5.83. The predicted octanol–water partition coefficient (Wildman–Crippen LogP) is -0.153. The zero-order chi connectivity index (χ0) is 12.1. The normalized spacial score (nSPS) is 27.9. The van der Waals surface area contributed by atoms with Gasteiger partial charge in [-0.05, 0) is 6.42 Å². The summed E-state index contributed by atoms with van der Waals surface area (Å²) in [5, 5.41) is 20.1. The van der Waals surface area contributed by atoms with E-state index in [4.69, 9.17) is 21.8 Å². The first-order valence-corrected chi connectivity index (χ1v) is 5.63. The van der Waals surface area contributed by atoms with Crippen molar-refractivity contribution in [2.45, 2.75) is 24.0 Å². The number of aliphatic hydroxyl groups is 1. The van der Waals surface area contributed by atoms with Crippen molar-refractivity contribution >= 4 is 17.6 Å². The molecule has 0 spiro atoms. The minimum absolute atomic E-state index is 0.00949. The largest absolute Gasteiger partial charge is 0.480 e. The van der Waals surface area contributed by atoms with E-state index in [2.05, 4.69) is 11.9 Å². The molecular formula is C10H17ClN2O3. The van der Waals surface area contributed by atoms with Crippen LogP contribution in [0.2, 0.25) is 0 Å². The van der Waals surface area contributed by atoms with Crippen LogP contribution < -0.4 is 5.32 Å². The van der Waals surface area contributed by atoms with Crippen LogP contribution in [0.1, 0.15) is 6.42 Å². The Hall–Kier alpha value is -0.620. The van der Waals surface area contributed by atoms with Crippen molar-refractivity contribution in [1.29, 1.82) is 0 Å². The van der Waals surface area contributed by atoms with E-state index in [-0.39, 0.29) is 18.8 Å². The number of carboxylic acid groups (broad SMARTS) is 1. The molecule has 0 aliphatic carbocycles. The fourth-order valence-electron chi connectivity index (χ4n) is 1.97. The Morgan fingerprint density at radius 1 is 1.75 bits per heavy atom. The monoisotopic (exact) mass is 248 g/mol. The molecule has 1 aliphatic rings. The molecule has 16 heavy (non-hydrogen) atoms. The quantitative estimate of drug-likeness (QED) is 0.450. The van der Waals surface area contributed by atoms with Gasteiger partial charge in [0.1, 0.15) is 5.38 Å². The maximum Gasteiger partial charge on any atom is 0.323 e. The van der Waals surface area contributed by atoms with Gasteiger partial charge in [0.25, 0.3) is 0 Å². The second kappa shape index (κ2) is 6.20. The molecule has 1 aliphatic heterocycles. The second-order valence-electron chi connectivity index (χ2n) is 3.72. The van der Waals surface area contributed by atoms with Crippen LogP contribution in [0.15, 0.2) is 12.7 Å². The van der Waals surface area contributed by atoms with Crippen LogP contribution in [-0.4, -0.2) is 58.4 Å². The Morgan fingerprint density at radius 2 is 2.44 bits per heavy atom. The first-order valence-electron chi connectivity index (χ1n) is 5.19. The van der Waals surface area contributed by atoms with Gasteiger partial charge >= 0.3 is 5.97 Å². The van der Waals surface area contributed by atoms with Gasteiger partial charge in [-0.1, -0.05) is 6.08 Å². The van der Waals surface area contributed by atoms with Gasteiger partial charge < -0.3 is 10.2 Å². The van der Waals surface area contributed by atoms with E-state index in [9.17, 15) is 4.79 Å². The van der Waals surface area contributed by atoms with Crippen LogP contribution in [0.25, 0.3) is 0 Å². The van der Waals surface area contributed by atoms with Gasteiger partial charge in [0.05, 0.1) is 18.8 Å². The van der Waals surface area contributed by atoms with E-state index in [1.54, 1.807) is 6.08 Å². The Bertz CT molecular complexity index is 262. The zero-order valence-corrected chi connectivity index (χ0v) is 9.73. The molecule has 3 atom stereocenters. The summed E-state index contributed by atoms with van der Waals surface area (Å²) in [6, 6.07) is -0.295. The number of carboxylic acids is 1.